The van der Waals surface area contributed by atoms with Gasteiger partial charge in [0.05, 0.1) is 5.02 Å². The second-order valence-electron chi connectivity index (χ2n) is 4.31. The molecule has 0 aliphatic heterocycles. The largest absolute Gasteiger partial charge is 0.448 e. The van der Waals surface area contributed by atoms with Gasteiger partial charge in [0.2, 0.25) is 0 Å². The van der Waals surface area contributed by atoms with Gasteiger partial charge in [-0.1, -0.05) is 11.6 Å². The van der Waals surface area contributed by atoms with Gasteiger partial charge < -0.3 is 10.1 Å². The van der Waals surface area contributed by atoms with Crippen LogP contribution in [0.15, 0.2) is 30.5 Å². The van der Waals surface area contributed by atoms with Gasteiger partial charge in [-0.15, -0.1) is 11.3 Å². The minimum absolute atomic E-state index is 0.347. The van der Waals surface area contributed by atoms with Crippen molar-refractivity contribution in [3.63, 3.8) is 0 Å². The Hall–Kier alpha value is -1.92. The molecule has 0 aliphatic carbocycles. The number of hydrogen-bond acceptors (Lipinski definition) is 5. The molecular weight excluding hydrogens is 312 g/mol. The molecule has 0 aliphatic rings. The summed E-state index contributed by atoms with van der Waals surface area (Å²) in [6.07, 6.45) is 0.500. The molecular formula is C14H13ClN2O3S. The van der Waals surface area contributed by atoms with Crippen LogP contribution >= 0.6 is 22.9 Å². The standard InChI is InChI=1S/C14H13ClN2O3S/c1-8-3-5-11(21-8)14(19)20-9(2)13(18)17-12-6-4-10(15)7-16-12/h3-7,9H,1-2H3,(H,16,17,18)/t9-/m1/s1. The Bertz CT molecular complexity index is 654. The number of anilines is 1. The summed E-state index contributed by atoms with van der Waals surface area (Å²) in [4.78, 5) is 29.2. The summed E-state index contributed by atoms with van der Waals surface area (Å²) in [5.74, 6) is -0.620. The highest BCUT2D eigenvalue weighted by molar-refractivity contribution is 7.13. The number of pyridine rings is 1. The summed E-state index contributed by atoms with van der Waals surface area (Å²) in [5.41, 5.74) is 0. The van der Waals surface area contributed by atoms with Crippen LogP contribution in [0.2, 0.25) is 5.02 Å². The van der Waals surface area contributed by atoms with Crippen molar-refractivity contribution >= 4 is 40.6 Å². The number of thiophene rings is 1. The van der Waals surface area contributed by atoms with Gasteiger partial charge >= 0.3 is 5.97 Å². The number of carbonyl (C=O) groups is 2. The molecule has 1 atom stereocenters. The van der Waals surface area contributed by atoms with E-state index in [4.69, 9.17) is 16.3 Å². The van der Waals surface area contributed by atoms with Crippen molar-refractivity contribution in [3.8, 4) is 0 Å². The Kier molecular flexibility index (Phi) is 4.93. The number of esters is 1. The maximum Gasteiger partial charge on any atom is 0.349 e. The number of nitrogens with zero attached hydrogens (tertiary/aromatic N) is 1. The number of carbonyl (C=O) groups excluding carboxylic acids is 2. The van der Waals surface area contributed by atoms with Gasteiger partial charge in [-0.3, -0.25) is 4.79 Å². The third kappa shape index (κ3) is 4.27. The van der Waals surface area contributed by atoms with E-state index < -0.39 is 18.0 Å². The molecule has 21 heavy (non-hydrogen) atoms. The highest BCUT2D eigenvalue weighted by Gasteiger charge is 2.20. The first kappa shape index (κ1) is 15.5. The van der Waals surface area contributed by atoms with Crippen molar-refractivity contribution in [2.45, 2.75) is 20.0 Å². The number of rotatable bonds is 4. The number of halogens is 1. The molecule has 0 saturated heterocycles. The Morgan fingerprint density at radius 1 is 1.33 bits per heavy atom. The third-order valence-corrected chi connectivity index (χ3v) is 3.78. The zero-order valence-corrected chi connectivity index (χ0v) is 13.0. The highest BCUT2D eigenvalue weighted by Crippen LogP contribution is 2.17. The molecule has 0 fully saturated rings. The molecule has 0 spiro atoms. The second kappa shape index (κ2) is 6.69. The lowest BCUT2D eigenvalue weighted by Crippen LogP contribution is -2.30. The Labute approximate surface area is 130 Å². The number of nitrogens with one attached hydrogen (secondary N) is 1. The lowest BCUT2D eigenvalue weighted by Gasteiger charge is -2.12. The molecule has 110 valence electrons. The van der Waals surface area contributed by atoms with Gasteiger partial charge in [-0.05, 0) is 38.1 Å². The van der Waals surface area contributed by atoms with E-state index in [1.807, 2.05) is 13.0 Å². The highest BCUT2D eigenvalue weighted by atomic mass is 35.5. The number of hydrogen-bond donors (Lipinski definition) is 1. The van der Waals surface area contributed by atoms with Crippen molar-refractivity contribution in [2.75, 3.05) is 5.32 Å². The number of aromatic nitrogens is 1. The van der Waals surface area contributed by atoms with E-state index in [9.17, 15) is 9.59 Å². The van der Waals surface area contributed by atoms with Crippen LogP contribution in [0.25, 0.3) is 0 Å². The maximum absolute atomic E-state index is 11.9. The topological polar surface area (TPSA) is 68.3 Å². The van der Waals surface area contributed by atoms with E-state index in [1.54, 1.807) is 18.2 Å². The average Bonchev–Trinajstić information content (AvgIpc) is 2.88. The van der Waals surface area contributed by atoms with E-state index >= 15 is 0 Å². The molecule has 0 saturated carbocycles. The monoisotopic (exact) mass is 324 g/mol. The fourth-order valence-electron chi connectivity index (χ4n) is 1.49. The van der Waals surface area contributed by atoms with Gasteiger partial charge in [0.15, 0.2) is 6.10 Å². The van der Waals surface area contributed by atoms with Gasteiger partial charge in [0.25, 0.3) is 5.91 Å². The van der Waals surface area contributed by atoms with Gasteiger partial charge in [-0.25, -0.2) is 9.78 Å². The van der Waals surface area contributed by atoms with Crippen LogP contribution in [0.3, 0.4) is 0 Å². The zero-order valence-electron chi connectivity index (χ0n) is 11.4. The van der Waals surface area contributed by atoms with E-state index in [2.05, 4.69) is 10.3 Å². The first-order chi connectivity index (χ1) is 9.95. The Morgan fingerprint density at radius 2 is 2.10 bits per heavy atom. The molecule has 2 heterocycles. The summed E-state index contributed by atoms with van der Waals surface area (Å²) in [6.45, 7) is 3.40. The van der Waals surface area contributed by atoms with Crippen LogP contribution in [0.5, 0.6) is 0 Å². The molecule has 2 aromatic rings. The molecule has 0 bridgehead atoms. The zero-order chi connectivity index (χ0) is 15.4. The predicted octanol–water partition coefficient (Wildman–Crippen LogP) is 3.29. The van der Waals surface area contributed by atoms with E-state index in [1.165, 1.54) is 24.5 Å². The minimum Gasteiger partial charge on any atom is -0.448 e. The summed E-state index contributed by atoms with van der Waals surface area (Å²) < 4.78 is 5.11. The molecule has 0 aromatic carbocycles. The Morgan fingerprint density at radius 3 is 2.67 bits per heavy atom. The molecule has 0 unspecified atom stereocenters. The van der Waals surface area contributed by atoms with Crippen molar-refractivity contribution in [1.29, 1.82) is 0 Å². The fourth-order valence-corrected chi connectivity index (χ4v) is 2.36. The number of amides is 1. The molecule has 1 N–H and O–H groups in total. The van der Waals surface area contributed by atoms with Crippen molar-refractivity contribution in [1.82, 2.24) is 4.98 Å². The lowest BCUT2D eigenvalue weighted by atomic mass is 10.3. The van der Waals surface area contributed by atoms with Gasteiger partial charge in [0.1, 0.15) is 10.7 Å². The molecule has 7 heteroatoms. The normalized spacial score (nSPS) is 11.8. The van der Waals surface area contributed by atoms with Crippen LogP contribution in [0.1, 0.15) is 21.5 Å². The van der Waals surface area contributed by atoms with Crippen LogP contribution < -0.4 is 5.32 Å². The third-order valence-electron chi connectivity index (χ3n) is 2.57. The maximum atomic E-state index is 11.9. The van der Waals surface area contributed by atoms with Crippen LogP contribution in [0, 0.1) is 6.92 Å². The van der Waals surface area contributed by atoms with E-state index in [0.717, 1.165) is 4.88 Å². The minimum atomic E-state index is -0.919. The fraction of sp³-hybridized carbons (Fsp3) is 0.214. The van der Waals surface area contributed by atoms with Crippen molar-refractivity contribution in [2.24, 2.45) is 0 Å². The summed E-state index contributed by atoms with van der Waals surface area (Å²) in [6, 6.07) is 6.67. The van der Waals surface area contributed by atoms with Crippen LogP contribution in [-0.2, 0) is 9.53 Å². The molecule has 1 amide bonds. The Balaban J connectivity index is 1.93. The lowest BCUT2D eigenvalue weighted by molar-refractivity contribution is -0.123. The SMILES string of the molecule is Cc1ccc(C(=O)O[C@H](C)C(=O)Nc2ccc(Cl)cn2)s1. The van der Waals surface area contributed by atoms with Crippen molar-refractivity contribution in [3.05, 3.63) is 45.2 Å². The second-order valence-corrected chi connectivity index (χ2v) is 6.03. The van der Waals surface area contributed by atoms with E-state index in [0.29, 0.717) is 15.7 Å². The van der Waals surface area contributed by atoms with E-state index in [-0.39, 0.29) is 0 Å². The molecule has 0 radical (unpaired) electrons. The first-order valence-electron chi connectivity index (χ1n) is 6.15. The average molecular weight is 325 g/mol. The van der Waals surface area contributed by atoms with Gasteiger partial charge in [-0.2, -0.15) is 0 Å². The van der Waals surface area contributed by atoms with Crippen molar-refractivity contribution < 1.29 is 14.3 Å². The summed E-state index contributed by atoms with van der Waals surface area (Å²) in [7, 11) is 0. The summed E-state index contributed by atoms with van der Waals surface area (Å²) in [5, 5.41) is 3.02. The molecule has 5 nitrogen and oxygen atoms in total. The molecule has 2 aromatic heterocycles. The summed E-state index contributed by atoms with van der Waals surface area (Å²) >= 11 is 7.03. The van der Waals surface area contributed by atoms with Gasteiger partial charge in [0, 0.05) is 11.1 Å². The quantitative estimate of drug-likeness (QED) is 0.876. The number of ether oxygens (including phenoxy) is 1. The van der Waals surface area contributed by atoms with Crippen LogP contribution in [0.4, 0.5) is 5.82 Å². The first-order valence-corrected chi connectivity index (χ1v) is 7.35. The predicted molar refractivity (Wildman–Crippen MR) is 81.8 cm³/mol. The smallest absolute Gasteiger partial charge is 0.349 e. The molecule has 2 rings (SSSR count). The number of aryl methyl sites for hydroxylation is 1. The van der Waals surface area contributed by atoms with Crippen LogP contribution in [-0.4, -0.2) is 23.0 Å².